The van der Waals surface area contributed by atoms with Crippen LogP contribution >= 0.6 is 11.6 Å². The number of phenols is 1. The minimum Gasteiger partial charge on any atom is -0.508 e. The molecule has 0 saturated heterocycles. The average Bonchev–Trinajstić information content (AvgIpc) is 2.29. The fraction of sp³-hybridized carbons (Fsp3) is 0.500. The van der Waals surface area contributed by atoms with Crippen molar-refractivity contribution in [1.29, 1.82) is 0 Å². The van der Waals surface area contributed by atoms with Crippen LogP contribution in [-0.2, 0) is 11.2 Å². The van der Waals surface area contributed by atoms with E-state index in [1.807, 2.05) is 0 Å². The van der Waals surface area contributed by atoms with Crippen LogP contribution in [0.15, 0.2) is 18.2 Å². The van der Waals surface area contributed by atoms with Crippen LogP contribution in [0, 0.1) is 0 Å². The zero-order valence-electron chi connectivity index (χ0n) is 11.9. The Morgan fingerprint density at radius 3 is 2.65 bits per heavy atom. The predicted octanol–water partition coefficient (Wildman–Crippen LogP) is 2.44. The molecule has 0 saturated carbocycles. The average molecular weight is 301 g/mol. The number of carbonyl (C=O) groups is 1. The van der Waals surface area contributed by atoms with Gasteiger partial charge < -0.3 is 20.9 Å². The van der Waals surface area contributed by atoms with Crippen LogP contribution < -0.4 is 11.1 Å². The molecule has 0 heterocycles. The van der Waals surface area contributed by atoms with E-state index in [2.05, 4.69) is 5.32 Å². The van der Waals surface area contributed by atoms with Gasteiger partial charge in [-0.2, -0.15) is 0 Å². The third-order valence-corrected chi connectivity index (χ3v) is 2.86. The highest BCUT2D eigenvalue weighted by Crippen LogP contribution is 2.22. The van der Waals surface area contributed by atoms with Crippen molar-refractivity contribution in [1.82, 2.24) is 5.32 Å². The number of carbonyl (C=O) groups excluding carboxylic acids is 1. The van der Waals surface area contributed by atoms with Crippen LogP contribution in [0.3, 0.4) is 0 Å². The Labute approximate surface area is 124 Å². The molecule has 1 aromatic carbocycles. The molecule has 0 fully saturated rings. The number of aromatic hydroxyl groups is 1. The molecular formula is C14H21ClN2O3. The molecule has 6 heteroatoms. The van der Waals surface area contributed by atoms with Crippen LogP contribution in [-0.4, -0.2) is 29.4 Å². The molecule has 1 rings (SSSR count). The van der Waals surface area contributed by atoms with E-state index in [9.17, 15) is 9.90 Å². The summed E-state index contributed by atoms with van der Waals surface area (Å²) >= 11 is 6.03. The van der Waals surface area contributed by atoms with Crippen LogP contribution in [0.1, 0.15) is 26.3 Å². The lowest BCUT2D eigenvalue weighted by Gasteiger charge is -2.23. The lowest BCUT2D eigenvalue weighted by atomic mass is 10.1. The summed E-state index contributed by atoms with van der Waals surface area (Å²) in [6, 6.07) is 4.42. The van der Waals surface area contributed by atoms with E-state index >= 15 is 0 Å². The standard InChI is InChI=1S/C14H21ClN2O3/c1-14(2,3)20-13(19)17-10(8-16)6-9-4-5-11(18)7-12(9)15/h4-5,7,10,18H,6,8,16H2,1-3H3,(H,17,19)/t10-/m0/s1. The summed E-state index contributed by atoms with van der Waals surface area (Å²) in [4.78, 5) is 11.7. The van der Waals surface area contributed by atoms with E-state index in [4.69, 9.17) is 22.1 Å². The summed E-state index contributed by atoms with van der Waals surface area (Å²) < 4.78 is 5.18. The molecule has 0 aliphatic carbocycles. The number of rotatable bonds is 4. The fourth-order valence-electron chi connectivity index (χ4n) is 1.63. The van der Waals surface area contributed by atoms with Crippen LogP contribution in [0.25, 0.3) is 0 Å². The lowest BCUT2D eigenvalue weighted by molar-refractivity contribution is 0.0506. The zero-order valence-corrected chi connectivity index (χ0v) is 12.7. The van der Waals surface area contributed by atoms with E-state index in [-0.39, 0.29) is 18.3 Å². The Balaban J connectivity index is 2.65. The molecule has 0 aromatic heterocycles. The number of hydrogen-bond acceptors (Lipinski definition) is 4. The molecule has 5 nitrogen and oxygen atoms in total. The number of benzene rings is 1. The van der Waals surface area contributed by atoms with Gasteiger partial charge in [-0.05, 0) is 44.9 Å². The zero-order chi connectivity index (χ0) is 15.3. The SMILES string of the molecule is CC(C)(C)OC(=O)N[C@H](CN)Cc1ccc(O)cc1Cl. The number of amides is 1. The summed E-state index contributed by atoms with van der Waals surface area (Å²) in [6.45, 7) is 5.64. The van der Waals surface area contributed by atoms with Crippen molar-refractivity contribution in [3.63, 3.8) is 0 Å². The Morgan fingerprint density at radius 2 is 2.15 bits per heavy atom. The molecule has 0 radical (unpaired) electrons. The second kappa shape index (κ2) is 6.81. The van der Waals surface area contributed by atoms with Gasteiger partial charge in [0, 0.05) is 17.6 Å². The van der Waals surface area contributed by atoms with Gasteiger partial charge in [0.2, 0.25) is 0 Å². The summed E-state index contributed by atoms with van der Waals surface area (Å²) in [6.07, 6.45) is -0.0441. The number of phenolic OH excluding ortho intramolecular Hbond substituents is 1. The van der Waals surface area contributed by atoms with Gasteiger partial charge in [0.15, 0.2) is 0 Å². The van der Waals surface area contributed by atoms with E-state index in [0.29, 0.717) is 11.4 Å². The van der Waals surface area contributed by atoms with Gasteiger partial charge in [-0.3, -0.25) is 0 Å². The van der Waals surface area contributed by atoms with Gasteiger partial charge in [-0.25, -0.2) is 4.79 Å². The maximum Gasteiger partial charge on any atom is 0.407 e. The van der Waals surface area contributed by atoms with Gasteiger partial charge in [0.1, 0.15) is 11.4 Å². The minimum atomic E-state index is -0.556. The van der Waals surface area contributed by atoms with Gasteiger partial charge >= 0.3 is 6.09 Å². The van der Waals surface area contributed by atoms with Crippen molar-refractivity contribution in [2.45, 2.75) is 38.8 Å². The van der Waals surface area contributed by atoms with Crippen LogP contribution in [0.5, 0.6) is 5.75 Å². The van der Waals surface area contributed by atoms with Crippen molar-refractivity contribution in [3.8, 4) is 5.75 Å². The van der Waals surface area contributed by atoms with Crippen LogP contribution in [0.2, 0.25) is 5.02 Å². The Kier molecular flexibility index (Phi) is 5.65. The first kappa shape index (κ1) is 16.6. The van der Waals surface area contributed by atoms with Crippen molar-refractivity contribution >= 4 is 17.7 Å². The molecular weight excluding hydrogens is 280 g/mol. The first-order chi connectivity index (χ1) is 9.21. The second-order valence-corrected chi connectivity index (χ2v) is 5.97. The largest absolute Gasteiger partial charge is 0.508 e. The first-order valence-corrected chi connectivity index (χ1v) is 6.76. The third kappa shape index (κ3) is 5.67. The molecule has 1 aromatic rings. The number of alkyl carbamates (subject to hydrolysis) is 1. The van der Waals surface area contributed by atoms with E-state index in [1.165, 1.54) is 6.07 Å². The number of halogens is 1. The smallest absolute Gasteiger partial charge is 0.407 e. The third-order valence-electron chi connectivity index (χ3n) is 2.51. The summed E-state index contributed by atoms with van der Waals surface area (Å²) in [5, 5.41) is 12.4. The lowest BCUT2D eigenvalue weighted by Crippen LogP contribution is -2.44. The number of hydrogen-bond donors (Lipinski definition) is 3. The highest BCUT2D eigenvalue weighted by molar-refractivity contribution is 6.31. The van der Waals surface area contributed by atoms with E-state index in [1.54, 1.807) is 32.9 Å². The van der Waals surface area contributed by atoms with Gasteiger partial charge in [0.25, 0.3) is 0 Å². The maximum atomic E-state index is 11.7. The Bertz CT molecular complexity index is 472. The Morgan fingerprint density at radius 1 is 1.50 bits per heavy atom. The van der Waals surface area contributed by atoms with Crippen molar-refractivity contribution in [3.05, 3.63) is 28.8 Å². The molecule has 0 aliphatic rings. The number of nitrogens with two attached hydrogens (primary N) is 1. The van der Waals surface area contributed by atoms with E-state index in [0.717, 1.165) is 5.56 Å². The normalized spacial score (nSPS) is 12.8. The molecule has 1 atom stereocenters. The van der Waals surface area contributed by atoms with Gasteiger partial charge in [0.05, 0.1) is 0 Å². The summed E-state index contributed by atoms with van der Waals surface area (Å²) in [5.41, 5.74) is 5.90. The molecule has 0 bridgehead atoms. The van der Waals surface area contributed by atoms with Gasteiger partial charge in [-0.15, -0.1) is 0 Å². The van der Waals surface area contributed by atoms with Crippen molar-refractivity contribution in [2.24, 2.45) is 5.73 Å². The molecule has 0 aliphatic heterocycles. The van der Waals surface area contributed by atoms with Crippen molar-refractivity contribution in [2.75, 3.05) is 6.54 Å². The molecule has 1 amide bonds. The highest BCUT2D eigenvalue weighted by atomic mass is 35.5. The minimum absolute atomic E-state index is 0.100. The van der Waals surface area contributed by atoms with Gasteiger partial charge in [-0.1, -0.05) is 17.7 Å². The molecule has 0 unspecified atom stereocenters. The van der Waals surface area contributed by atoms with Crippen molar-refractivity contribution < 1.29 is 14.6 Å². The van der Waals surface area contributed by atoms with E-state index < -0.39 is 11.7 Å². The second-order valence-electron chi connectivity index (χ2n) is 5.56. The molecule has 4 N–H and O–H groups in total. The number of ether oxygens (including phenoxy) is 1. The summed E-state index contributed by atoms with van der Waals surface area (Å²) in [5.74, 6) is 0.100. The monoisotopic (exact) mass is 300 g/mol. The highest BCUT2D eigenvalue weighted by Gasteiger charge is 2.19. The molecule has 112 valence electrons. The predicted molar refractivity (Wildman–Crippen MR) is 79.0 cm³/mol. The topological polar surface area (TPSA) is 84.6 Å². The first-order valence-electron chi connectivity index (χ1n) is 6.38. The summed E-state index contributed by atoms with van der Waals surface area (Å²) in [7, 11) is 0. The maximum absolute atomic E-state index is 11.7. The molecule has 20 heavy (non-hydrogen) atoms. The van der Waals surface area contributed by atoms with Crippen LogP contribution in [0.4, 0.5) is 4.79 Å². The quantitative estimate of drug-likeness (QED) is 0.797. The fourth-order valence-corrected chi connectivity index (χ4v) is 1.89. The molecule has 0 spiro atoms. The number of nitrogens with one attached hydrogen (secondary N) is 1. The Hall–Kier alpha value is -1.46.